The van der Waals surface area contributed by atoms with Crippen LogP contribution in [0.4, 0.5) is 0 Å². The molecule has 0 saturated heterocycles. The summed E-state index contributed by atoms with van der Waals surface area (Å²) in [6.07, 6.45) is 1.03. The summed E-state index contributed by atoms with van der Waals surface area (Å²) in [6.45, 7) is 5.16. The van der Waals surface area contributed by atoms with Crippen molar-refractivity contribution in [2.24, 2.45) is 0 Å². The summed E-state index contributed by atoms with van der Waals surface area (Å²) in [5.74, 6) is 0.818. The van der Waals surface area contributed by atoms with E-state index >= 15 is 0 Å². The summed E-state index contributed by atoms with van der Waals surface area (Å²) in [6, 6.07) is 17.6. The number of nitrogens with zero attached hydrogens (tertiary/aromatic N) is 1. The molecule has 0 aromatic heterocycles. The number of hydrogen-bond acceptors (Lipinski definition) is 4. The molecule has 0 radical (unpaired) electrons. The normalized spacial score (nSPS) is 10.3. The lowest BCUT2D eigenvalue weighted by atomic mass is 10.0. The van der Waals surface area contributed by atoms with Gasteiger partial charge in [0.1, 0.15) is 12.4 Å². The second-order valence-electron chi connectivity index (χ2n) is 5.29. The van der Waals surface area contributed by atoms with Crippen LogP contribution in [0.1, 0.15) is 18.9 Å². The number of ether oxygens (including phenoxy) is 3. The van der Waals surface area contributed by atoms with E-state index in [1.807, 2.05) is 48.5 Å². The molecule has 0 spiro atoms. The summed E-state index contributed by atoms with van der Waals surface area (Å²) in [5.41, 5.74) is 2.84. The number of rotatable bonds is 10. The number of benzene rings is 2. The predicted octanol–water partition coefficient (Wildman–Crippen LogP) is 4.05. The van der Waals surface area contributed by atoms with Gasteiger partial charge in [0.05, 0.1) is 31.5 Å². The molecule has 0 bridgehead atoms. The van der Waals surface area contributed by atoms with Crippen LogP contribution in [0, 0.1) is 11.3 Å². The van der Waals surface area contributed by atoms with Crippen molar-refractivity contribution in [3.63, 3.8) is 0 Å². The van der Waals surface area contributed by atoms with Gasteiger partial charge in [0, 0.05) is 6.61 Å². The van der Waals surface area contributed by atoms with E-state index in [0.717, 1.165) is 29.9 Å². The average Bonchev–Trinajstić information content (AvgIpc) is 2.64. The highest BCUT2D eigenvalue weighted by atomic mass is 16.5. The van der Waals surface area contributed by atoms with Gasteiger partial charge < -0.3 is 14.2 Å². The van der Waals surface area contributed by atoms with E-state index < -0.39 is 0 Å². The van der Waals surface area contributed by atoms with Crippen molar-refractivity contribution >= 4 is 0 Å². The summed E-state index contributed by atoms with van der Waals surface area (Å²) >= 11 is 0. The van der Waals surface area contributed by atoms with Crippen molar-refractivity contribution in [2.75, 3.05) is 33.0 Å². The van der Waals surface area contributed by atoms with Crippen molar-refractivity contribution in [1.82, 2.24) is 0 Å². The van der Waals surface area contributed by atoms with Gasteiger partial charge in [0.2, 0.25) is 0 Å². The third-order valence-corrected chi connectivity index (χ3v) is 3.42. The van der Waals surface area contributed by atoms with Crippen LogP contribution < -0.4 is 4.74 Å². The Kier molecular flexibility index (Phi) is 7.82. The lowest BCUT2D eigenvalue weighted by molar-refractivity contribution is 0.0366. The molecule has 0 fully saturated rings. The molecule has 0 aliphatic rings. The van der Waals surface area contributed by atoms with E-state index in [1.165, 1.54) is 0 Å². The summed E-state index contributed by atoms with van der Waals surface area (Å²) in [5, 5.41) is 8.83. The maximum absolute atomic E-state index is 8.83. The van der Waals surface area contributed by atoms with Gasteiger partial charge in [-0.3, -0.25) is 0 Å². The lowest BCUT2D eigenvalue weighted by Crippen LogP contribution is -2.11. The lowest BCUT2D eigenvalue weighted by Gasteiger charge is -2.08. The van der Waals surface area contributed by atoms with Gasteiger partial charge in [-0.2, -0.15) is 5.26 Å². The third kappa shape index (κ3) is 6.04. The summed E-state index contributed by atoms with van der Waals surface area (Å²) in [7, 11) is 0. The Labute approximate surface area is 143 Å². The van der Waals surface area contributed by atoms with Gasteiger partial charge in [-0.15, -0.1) is 0 Å². The maximum Gasteiger partial charge on any atom is 0.119 e. The first-order chi connectivity index (χ1) is 11.8. The van der Waals surface area contributed by atoms with Crippen LogP contribution >= 0.6 is 0 Å². The third-order valence-electron chi connectivity index (χ3n) is 3.42. The van der Waals surface area contributed by atoms with Crippen LogP contribution in [0.2, 0.25) is 0 Å². The first-order valence-electron chi connectivity index (χ1n) is 8.22. The van der Waals surface area contributed by atoms with Crippen LogP contribution in [0.3, 0.4) is 0 Å². The van der Waals surface area contributed by atoms with Crippen molar-refractivity contribution < 1.29 is 14.2 Å². The minimum absolute atomic E-state index is 0.518. The fourth-order valence-corrected chi connectivity index (χ4v) is 2.17. The Balaban J connectivity index is 1.71. The Morgan fingerprint density at radius 1 is 0.750 bits per heavy atom. The van der Waals surface area contributed by atoms with Gasteiger partial charge in [-0.1, -0.05) is 31.2 Å². The van der Waals surface area contributed by atoms with E-state index in [0.29, 0.717) is 32.0 Å². The van der Waals surface area contributed by atoms with E-state index in [9.17, 15) is 0 Å². The smallest absolute Gasteiger partial charge is 0.119 e. The van der Waals surface area contributed by atoms with Crippen molar-refractivity contribution in [3.8, 4) is 22.9 Å². The van der Waals surface area contributed by atoms with Gasteiger partial charge in [-0.05, 0) is 41.8 Å². The summed E-state index contributed by atoms with van der Waals surface area (Å²) < 4.78 is 16.4. The molecule has 0 heterocycles. The van der Waals surface area contributed by atoms with E-state index in [-0.39, 0.29) is 0 Å². The Hall–Kier alpha value is -2.35. The zero-order valence-electron chi connectivity index (χ0n) is 14.0. The molecule has 2 aromatic carbocycles. The Morgan fingerprint density at radius 2 is 1.29 bits per heavy atom. The van der Waals surface area contributed by atoms with Crippen LogP contribution in [-0.2, 0) is 9.47 Å². The highest BCUT2D eigenvalue weighted by molar-refractivity contribution is 5.64. The fraction of sp³-hybridized carbons (Fsp3) is 0.350. The molecule has 2 rings (SSSR count). The minimum atomic E-state index is 0.518. The van der Waals surface area contributed by atoms with Gasteiger partial charge >= 0.3 is 0 Å². The standard InChI is InChI=1S/C20H23NO3/c1-2-11-22-12-13-23-14-15-24-20-9-7-19(8-10-20)18-5-3-17(16-21)4-6-18/h3-10H,2,11-15H2,1H3. The second-order valence-corrected chi connectivity index (χ2v) is 5.29. The zero-order chi connectivity index (χ0) is 17.0. The highest BCUT2D eigenvalue weighted by Gasteiger charge is 2.00. The zero-order valence-corrected chi connectivity index (χ0v) is 14.0. The van der Waals surface area contributed by atoms with Crippen LogP contribution in [0.25, 0.3) is 11.1 Å². The highest BCUT2D eigenvalue weighted by Crippen LogP contribution is 2.22. The molecular weight excluding hydrogens is 302 g/mol. The van der Waals surface area contributed by atoms with Crippen molar-refractivity contribution in [3.05, 3.63) is 54.1 Å². The molecule has 0 unspecified atom stereocenters. The van der Waals surface area contributed by atoms with Gasteiger partial charge in [0.15, 0.2) is 0 Å². The fourth-order valence-electron chi connectivity index (χ4n) is 2.17. The molecule has 0 amide bonds. The van der Waals surface area contributed by atoms with Crippen LogP contribution in [0.15, 0.2) is 48.5 Å². The van der Waals surface area contributed by atoms with Crippen LogP contribution in [0.5, 0.6) is 5.75 Å². The molecule has 0 aliphatic carbocycles. The van der Waals surface area contributed by atoms with E-state index in [2.05, 4.69) is 13.0 Å². The monoisotopic (exact) mass is 325 g/mol. The largest absolute Gasteiger partial charge is 0.491 e. The van der Waals surface area contributed by atoms with E-state index in [1.54, 1.807) is 0 Å². The van der Waals surface area contributed by atoms with E-state index in [4.69, 9.17) is 19.5 Å². The average molecular weight is 325 g/mol. The second kappa shape index (κ2) is 10.4. The Bertz CT molecular complexity index is 629. The van der Waals surface area contributed by atoms with Crippen molar-refractivity contribution in [2.45, 2.75) is 13.3 Å². The molecule has 4 nitrogen and oxygen atoms in total. The summed E-state index contributed by atoms with van der Waals surface area (Å²) in [4.78, 5) is 0. The first kappa shape index (κ1) is 18.0. The topological polar surface area (TPSA) is 51.5 Å². The molecule has 0 N–H and O–H groups in total. The number of hydrogen-bond donors (Lipinski definition) is 0. The minimum Gasteiger partial charge on any atom is -0.491 e. The molecule has 2 aromatic rings. The molecule has 0 aliphatic heterocycles. The van der Waals surface area contributed by atoms with Crippen molar-refractivity contribution in [1.29, 1.82) is 5.26 Å². The molecule has 24 heavy (non-hydrogen) atoms. The molecule has 0 saturated carbocycles. The predicted molar refractivity (Wildman–Crippen MR) is 94.0 cm³/mol. The van der Waals surface area contributed by atoms with Gasteiger partial charge in [-0.25, -0.2) is 0 Å². The SMILES string of the molecule is CCCOCCOCCOc1ccc(-c2ccc(C#N)cc2)cc1. The number of nitriles is 1. The molecule has 126 valence electrons. The quantitative estimate of drug-likeness (QED) is 0.618. The Morgan fingerprint density at radius 3 is 1.88 bits per heavy atom. The molecular formula is C20H23NO3. The molecule has 4 heteroatoms. The maximum atomic E-state index is 8.83. The first-order valence-corrected chi connectivity index (χ1v) is 8.22. The molecule has 0 atom stereocenters. The van der Waals surface area contributed by atoms with Crippen LogP contribution in [-0.4, -0.2) is 33.0 Å². The van der Waals surface area contributed by atoms with Gasteiger partial charge in [0.25, 0.3) is 0 Å².